The Morgan fingerprint density at radius 3 is 2.70 bits per heavy atom. The second kappa shape index (κ2) is 6.58. The van der Waals surface area contributed by atoms with Crippen LogP contribution < -0.4 is 5.32 Å². The summed E-state index contributed by atoms with van der Waals surface area (Å²) in [5.41, 5.74) is 0.200. The van der Waals surface area contributed by atoms with E-state index in [1.807, 2.05) is 4.68 Å². The van der Waals surface area contributed by atoms with Gasteiger partial charge in [-0.3, -0.25) is 4.68 Å². The van der Waals surface area contributed by atoms with E-state index in [0.717, 1.165) is 48.8 Å². The molecule has 2 rings (SSSR count). The Labute approximate surface area is 130 Å². The number of aliphatic hydroxyl groups is 1. The minimum atomic E-state index is -0.746. The lowest BCUT2D eigenvalue weighted by Gasteiger charge is -2.37. The fourth-order valence-corrected chi connectivity index (χ4v) is 3.70. The molecule has 5 heteroatoms. The van der Waals surface area contributed by atoms with Gasteiger partial charge in [-0.25, -0.2) is 0 Å². The third-order valence-electron chi connectivity index (χ3n) is 4.18. The number of rotatable bonds is 5. The van der Waals surface area contributed by atoms with E-state index in [1.54, 1.807) is 6.20 Å². The summed E-state index contributed by atoms with van der Waals surface area (Å²) in [4.78, 5) is 0. The number of hydrogen-bond acceptors (Lipinski definition) is 3. The van der Waals surface area contributed by atoms with Crippen LogP contribution in [0, 0.1) is 0 Å². The minimum absolute atomic E-state index is 0.260. The maximum atomic E-state index is 11.1. The molecule has 1 aliphatic rings. The Balaban J connectivity index is 2.12. The normalized spacial score (nSPS) is 27.2. The molecule has 1 aromatic rings. The lowest BCUT2D eigenvalue weighted by Crippen LogP contribution is -2.41. The molecule has 4 nitrogen and oxygen atoms in total. The van der Waals surface area contributed by atoms with Crippen LogP contribution in [0.5, 0.6) is 0 Å². The number of aromatic nitrogens is 2. The van der Waals surface area contributed by atoms with Crippen molar-refractivity contribution in [3.05, 3.63) is 16.4 Å². The summed E-state index contributed by atoms with van der Waals surface area (Å²) in [5, 5.41) is 19.0. The second-order valence-corrected chi connectivity index (χ2v) is 6.99. The molecule has 0 unspecified atom stereocenters. The molecule has 1 aromatic heterocycles. The molecular weight excluding hydrogens is 318 g/mol. The Morgan fingerprint density at radius 1 is 1.50 bits per heavy atom. The van der Waals surface area contributed by atoms with E-state index in [0.29, 0.717) is 6.04 Å². The highest BCUT2D eigenvalue weighted by atomic mass is 79.9. The van der Waals surface area contributed by atoms with Gasteiger partial charge in [0.15, 0.2) is 0 Å². The quantitative estimate of drug-likeness (QED) is 0.861. The molecule has 0 atom stereocenters. The van der Waals surface area contributed by atoms with E-state index in [2.05, 4.69) is 47.1 Å². The van der Waals surface area contributed by atoms with E-state index in [4.69, 9.17) is 0 Å². The maximum Gasteiger partial charge on any atom is 0.107 e. The highest BCUT2D eigenvalue weighted by Gasteiger charge is 2.39. The first-order chi connectivity index (χ1) is 9.48. The van der Waals surface area contributed by atoms with Crippen LogP contribution in [0.1, 0.15) is 64.6 Å². The number of nitrogens with one attached hydrogen (secondary N) is 1. The molecule has 1 fully saturated rings. The third kappa shape index (κ3) is 3.26. The molecule has 0 aromatic carbocycles. The van der Waals surface area contributed by atoms with Crippen molar-refractivity contribution in [2.45, 2.75) is 70.6 Å². The first-order valence-electron chi connectivity index (χ1n) is 7.67. The van der Waals surface area contributed by atoms with Gasteiger partial charge >= 0.3 is 0 Å². The van der Waals surface area contributed by atoms with Gasteiger partial charge in [-0.15, -0.1) is 0 Å². The van der Waals surface area contributed by atoms with Gasteiger partial charge in [0.25, 0.3) is 0 Å². The molecular formula is C15H26BrN3O. The van der Waals surface area contributed by atoms with E-state index >= 15 is 0 Å². The van der Waals surface area contributed by atoms with Gasteiger partial charge < -0.3 is 10.4 Å². The zero-order valence-corrected chi connectivity index (χ0v) is 14.3. The molecule has 0 saturated heterocycles. The molecule has 1 aliphatic carbocycles. The highest BCUT2D eigenvalue weighted by Crippen LogP contribution is 2.41. The molecule has 0 spiro atoms. The van der Waals surface area contributed by atoms with E-state index in [9.17, 15) is 5.11 Å². The summed E-state index contributed by atoms with van der Waals surface area (Å²) in [7, 11) is 0. The first kappa shape index (κ1) is 16.0. The summed E-state index contributed by atoms with van der Waals surface area (Å²) < 4.78 is 2.87. The van der Waals surface area contributed by atoms with Crippen molar-refractivity contribution in [2.24, 2.45) is 0 Å². The summed E-state index contributed by atoms with van der Waals surface area (Å²) in [6.45, 7) is 7.45. The van der Waals surface area contributed by atoms with Crippen LogP contribution in [0.25, 0.3) is 0 Å². The van der Waals surface area contributed by atoms with Crippen molar-refractivity contribution >= 4 is 15.9 Å². The van der Waals surface area contributed by atoms with E-state index < -0.39 is 5.60 Å². The van der Waals surface area contributed by atoms with Crippen LogP contribution in [-0.2, 0) is 5.60 Å². The van der Waals surface area contributed by atoms with E-state index in [-0.39, 0.29) is 6.04 Å². The van der Waals surface area contributed by atoms with Crippen LogP contribution >= 0.6 is 15.9 Å². The van der Waals surface area contributed by atoms with Crippen molar-refractivity contribution in [2.75, 3.05) is 6.54 Å². The molecule has 2 N–H and O–H groups in total. The third-order valence-corrected chi connectivity index (χ3v) is 4.76. The molecule has 1 saturated carbocycles. The summed E-state index contributed by atoms with van der Waals surface area (Å²) >= 11 is 3.55. The molecule has 0 amide bonds. The SMILES string of the molecule is CCCNC1CCC(O)(c2c(Br)cnn2C(C)C)CC1. The molecule has 114 valence electrons. The Hall–Kier alpha value is -0.390. The van der Waals surface area contributed by atoms with Gasteiger partial charge in [0.1, 0.15) is 5.60 Å². The monoisotopic (exact) mass is 343 g/mol. The van der Waals surface area contributed by atoms with Gasteiger partial charge in [0.05, 0.1) is 16.4 Å². The Bertz CT molecular complexity index is 436. The Morgan fingerprint density at radius 2 is 2.15 bits per heavy atom. The fraction of sp³-hybridized carbons (Fsp3) is 0.800. The van der Waals surface area contributed by atoms with Crippen LogP contribution in [0.2, 0.25) is 0 Å². The van der Waals surface area contributed by atoms with Crippen molar-refractivity contribution in [3.63, 3.8) is 0 Å². The molecule has 20 heavy (non-hydrogen) atoms. The van der Waals surface area contributed by atoms with Crippen LogP contribution in [0.15, 0.2) is 10.7 Å². The largest absolute Gasteiger partial charge is 0.384 e. The van der Waals surface area contributed by atoms with Crippen LogP contribution in [-0.4, -0.2) is 27.5 Å². The standard InChI is InChI=1S/C15H26BrN3O/c1-4-9-17-12-5-7-15(20,8-6-12)14-13(16)10-18-19(14)11(2)3/h10-12,17,20H,4-9H2,1-3H3. The number of hydrogen-bond donors (Lipinski definition) is 2. The minimum Gasteiger partial charge on any atom is -0.384 e. The predicted molar refractivity (Wildman–Crippen MR) is 84.8 cm³/mol. The van der Waals surface area contributed by atoms with Crippen molar-refractivity contribution < 1.29 is 5.11 Å². The zero-order chi connectivity index (χ0) is 14.8. The van der Waals surface area contributed by atoms with Crippen molar-refractivity contribution in [1.82, 2.24) is 15.1 Å². The molecule has 1 heterocycles. The Kier molecular flexibility index (Phi) is 5.26. The average molecular weight is 344 g/mol. The van der Waals surface area contributed by atoms with E-state index in [1.165, 1.54) is 0 Å². The van der Waals surface area contributed by atoms with Crippen molar-refractivity contribution in [3.8, 4) is 0 Å². The van der Waals surface area contributed by atoms with Gasteiger partial charge in [-0.1, -0.05) is 6.92 Å². The summed E-state index contributed by atoms with van der Waals surface area (Å²) in [6.07, 6.45) is 6.59. The number of halogens is 1. The topological polar surface area (TPSA) is 50.1 Å². The fourth-order valence-electron chi connectivity index (χ4n) is 3.05. The van der Waals surface area contributed by atoms with Crippen molar-refractivity contribution in [1.29, 1.82) is 0 Å². The molecule has 0 radical (unpaired) electrons. The van der Waals surface area contributed by atoms with Gasteiger partial charge in [-0.05, 0) is 68.4 Å². The second-order valence-electron chi connectivity index (χ2n) is 6.14. The maximum absolute atomic E-state index is 11.1. The molecule has 0 aliphatic heterocycles. The predicted octanol–water partition coefficient (Wildman–Crippen LogP) is 3.36. The lowest BCUT2D eigenvalue weighted by molar-refractivity contribution is -0.0175. The van der Waals surface area contributed by atoms with Gasteiger partial charge in [0, 0.05) is 12.1 Å². The van der Waals surface area contributed by atoms with Crippen LogP contribution in [0.3, 0.4) is 0 Å². The lowest BCUT2D eigenvalue weighted by atomic mass is 9.80. The van der Waals surface area contributed by atoms with Gasteiger partial charge in [-0.2, -0.15) is 5.10 Å². The van der Waals surface area contributed by atoms with Gasteiger partial charge in [0.2, 0.25) is 0 Å². The first-order valence-corrected chi connectivity index (χ1v) is 8.46. The number of nitrogens with zero attached hydrogens (tertiary/aromatic N) is 2. The van der Waals surface area contributed by atoms with Crippen LogP contribution in [0.4, 0.5) is 0 Å². The highest BCUT2D eigenvalue weighted by molar-refractivity contribution is 9.10. The smallest absolute Gasteiger partial charge is 0.107 e. The summed E-state index contributed by atoms with van der Waals surface area (Å²) in [5.74, 6) is 0. The summed E-state index contributed by atoms with van der Waals surface area (Å²) in [6, 6.07) is 0.806. The average Bonchev–Trinajstić information content (AvgIpc) is 2.81. The zero-order valence-electron chi connectivity index (χ0n) is 12.7. The molecule has 0 bridgehead atoms.